The van der Waals surface area contributed by atoms with Crippen LogP contribution >= 0.6 is 11.8 Å². The number of aromatic hydroxyl groups is 1. The van der Waals surface area contributed by atoms with Gasteiger partial charge in [-0.2, -0.15) is 5.26 Å². The molecule has 19 heavy (non-hydrogen) atoms. The van der Waals surface area contributed by atoms with Gasteiger partial charge in [0.05, 0.1) is 0 Å². The third-order valence-electron chi connectivity index (χ3n) is 2.70. The van der Waals surface area contributed by atoms with Crippen molar-refractivity contribution in [3.63, 3.8) is 0 Å². The molecule has 1 aromatic carbocycles. The Morgan fingerprint density at radius 1 is 1.42 bits per heavy atom. The predicted octanol–water partition coefficient (Wildman–Crippen LogP) is 1.75. The number of benzene rings is 1. The van der Waals surface area contributed by atoms with Gasteiger partial charge in [0.1, 0.15) is 23.1 Å². The highest BCUT2D eigenvalue weighted by molar-refractivity contribution is 7.98. The van der Waals surface area contributed by atoms with E-state index < -0.39 is 5.56 Å². The zero-order valence-electron chi connectivity index (χ0n) is 10.4. The molecule has 96 valence electrons. The van der Waals surface area contributed by atoms with Crippen LogP contribution in [0.4, 0.5) is 0 Å². The summed E-state index contributed by atoms with van der Waals surface area (Å²) in [6.07, 6.45) is 1.79. The first kappa shape index (κ1) is 13.2. The Morgan fingerprint density at radius 2 is 2.11 bits per heavy atom. The first-order chi connectivity index (χ1) is 9.10. The molecule has 0 fully saturated rings. The standard InChI is InChI=1S/C13H11N3O2S/c1-16-12(18)9(7-14)11(15-13(16)19-2)8-5-3-4-6-10(8)17/h3-6,17H,1-2H3. The number of thioether (sulfide) groups is 1. The highest BCUT2D eigenvalue weighted by Gasteiger charge is 2.17. The zero-order valence-corrected chi connectivity index (χ0v) is 11.2. The van der Waals surface area contributed by atoms with Gasteiger partial charge in [0.2, 0.25) is 0 Å². The Hall–Kier alpha value is -2.26. The minimum absolute atomic E-state index is 0.00759. The van der Waals surface area contributed by atoms with E-state index >= 15 is 0 Å². The number of nitrogens with zero attached hydrogens (tertiary/aromatic N) is 3. The number of para-hydroxylation sites is 1. The monoisotopic (exact) mass is 273 g/mol. The van der Waals surface area contributed by atoms with Crippen LogP contribution in [-0.4, -0.2) is 20.9 Å². The van der Waals surface area contributed by atoms with Gasteiger partial charge < -0.3 is 5.11 Å². The van der Waals surface area contributed by atoms with Crippen LogP contribution in [0.25, 0.3) is 11.3 Å². The second kappa shape index (κ2) is 5.16. The fourth-order valence-electron chi connectivity index (χ4n) is 1.73. The first-order valence-electron chi connectivity index (χ1n) is 5.43. The summed E-state index contributed by atoms with van der Waals surface area (Å²) in [5, 5.41) is 19.5. The molecule has 0 radical (unpaired) electrons. The fraction of sp³-hybridized carbons (Fsp3) is 0.154. The molecule has 1 heterocycles. The molecule has 2 rings (SSSR count). The Bertz CT molecular complexity index is 732. The average Bonchev–Trinajstić information content (AvgIpc) is 2.42. The molecule has 5 nitrogen and oxygen atoms in total. The van der Waals surface area contributed by atoms with Crippen LogP contribution in [0.2, 0.25) is 0 Å². The topological polar surface area (TPSA) is 78.9 Å². The Labute approximate surface area is 114 Å². The minimum atomic E-state index is -0.417. The minimum Gasteiger partial charge on any atom is -0.507 e. The second-order valence-electron chi connectivity index (χ2n) is 3.82. The van der Waals surface area contributed by atoms with E-state index in [1.54, 1.807) is 31.5 Å². The molecule has 0 aliphatic rings. The number of rotatable bonds is 2. The van der Waals surface area contributed by atoms with Gasteiger partial charge in [-0.1, -0.05) is 23.9 Å². The quantitative estimate of drug-likeness (QED) is 0.666. The van der Waals surface area contributed by atoms with E-state index in [9.17, 15) is 9.90 Å². The van der Waals surface area contributed by atoms with E-state index in [4.69, 9.17) is 5.26 Å². The normalized spacial score (nSPS) is 10.2. The number of aromatic nitrogens is 2. The van der Waals surface area contributed by atoms with Crippen LogP contribution in [0.5, 0.6) is 5.75 Å². The average molecular weight is 273 g/mol. The molecule has 0 aliphatic carbocycles. The highest BCUT2D eigenvalue weighted by atomic mass is 32.2. The Balaban J connectivity index is 2.85. The van der Waals surface area contributed by atoms with E-state index in [0.717, 1.165) is 0 Å². The van der Waals surface area contributed by atoms with Crippen molar-refractivity contribution in [1.82, 2.24) is 9.55 Å². The van der Waals surface area contributed by atoms with Gasteiger partial charge in [0.15, 0.2) is 5.16 Å². The number of hydrogen-bond donors (Lipinski definition) is 1. The van der Waals surface area contributed by atoms with E-state index in [-0.39, 0.29) is 17.0 Å². The maximum absolute atomic E-state index is 12.1. The molecule has 0 atom stereocenters. The van der Waals surface area contributed by atoms with Crippen molar-refractivity contribution < 1.29 is 5.11 Å². The molecule has 0 saturated carbocycles. The summed E-state index contributed by atoms with van der Waals surface area (Å²) in [6, 6.07) is 8.37. The lowest BCUT2D eigenvalue weighted by atomic mass is 10.1. The van der Waals surface area contributed by atoms with Gasteiger partial charge in [0.25, 0.3) is 5.56 Å². The van der Waals surface area contributed by atoms with Crippen molar-refractivity contribution in [3.05, 3.63) is 40.2 Å². The molecule has 1 aromatic heterocycles. The van der Waals surface area contributed by atoms with Crippen LogP contribution in [0.1, 0.15) is 5.56 Å². The Kier molecular flexibility index (Phi) is 3.58. The predicted molar refractivity (Wildman–Crippen MR) is 73.1 cm³/mol. The highest BCUT2D eigenvalue weighted by Crippen LogP contribution is 2.29. The largest absolute Gasteiger partial charge is 0.507 e. The molecule has 0 unspecified atom stereocenters. The van der Waals surface area contributed by atoms with Gasteiger partial charge in [0, 0.05) is 12.6 Å². The SMILES string of the molecule is CSc1nc(-c2ccccc2O)c(C#N)c(=O)n1C. The van der Waals surface area contributed by atoms with Gasteiger partial charge >= 0.3 is 0 Å². The van der Waals surface area contributed by atoms with Crippen LogP contribution in [-0.2, 0) is 7.05 Å². The summed E-state index contributed by atoms with van der Waals surface area (Å²) < 4.78 is 1.33. The van der Waals surface area contributed by atoms with E-state index in [2.05, 4.69) is 4.98 Å². The van der Waals surface area contributed by atoms with Crippen molar-refractivity contribution in [1.29, 1.82) is 5.26 Å². The third kappa shape index (κ3) is 2.20. The van der Waals surface area contributed by atoms with Gasteiger partial charge in [-0.3, -0.25) is 9.36 Å². The number of nitriles is 1. The molecule has 6 heteroatoms. The molecule has 0 bridgehead atoms. The summed E-state index contributed by atoms with van der Waals surface area (Å²) in [4.78, 5) is 16.4. The van der Waals surface area contributed by atoms with Gasteiger partial charge in [-0.25, -0.2) is 4.98 Å². The lowest BCUT2D eigenvalue weighted by Gasteiger charge is -2.10. The maximum atomic E-state index is 12.1. The summed E-state index contributed by atoms with van der Waals surface area (Å²) in [6.45, 7) is 0. The van der Waals surface area contributed by atoms with Gasteiger partial charge in [-0.05, 0) is 18.4 Å². The summed E-state index contributed by atoms with van der Waals surface area (Å²) in [5.74, 6) is -0.00759. The smallest absolute Gasteiger partial charge is 0.272 e. The van der Waals surface area contributed by atoms with Gasteiger partial charge in [-0.15, -0.1) is 0 Å². The van der Waals surface area contributed by atoms with E-state index in [0.29, 0.717) is 10.7 Å². The summed E-state index contributed by atoms with van der Waals surface area (Å²) >= 11 is 1.30. The number of phenols is 1. The maximum Gasteiger partial charge on any atom is 0.272 e. The van der Waals surface area contributed by atoms with Crippen molar-refractivity contribution >= 4 is 11.8 Å². The van der Waals surface area contributed by atoms with Crippen molar-refractivity contribution in [2.45, 2.75) is 5.16 Å². The van der Waals surface area contributed by atoms with Crippen molar-refractivity contribution in [2.75, 3.05) is 6.26 Å². The molecule has 2 aromatic rings. The zero-order chi connectivity index (χ0) is 14.0. The van der Waals surface area contributed by atoms with E-state index in [1.165, 1.54) is 22.4 Å². The molecular formula is C13H11N3O2S. The summed E-state index contributed by atoms with van der Waals surface area (Å²) in [7, 11) is 1.57. The van der Waals surface area contributed by atoms with Crippen molar-refractivity contribution in [3.8, 4) is 23.1 Å². The number of phenolic OH excluding ortho intramolecular Hbond substituents is 1. The molecule has 0 spiro atoms. The molecule has 0 aliphatic heterocycles. The van der Waals surface area contributed by atoms with Crippen LogP contribution in [0.15, 0.2) is 34.2 Å². The summed E-state index contributed by atoms with van der Waals surface area (Å²) in [5.41, 5.74) is 0.113. The van der Waals surface area contributed by atoms with Crippen LogP contribution in [0, 0.1) is 11.3 Å². The molecular weight excluding hydrogens is 262 g/mol. The second-order valence-corrected chi connectivity index (χ2v) is 4.59. The number of hydrogen-bond acceptors (Lipinski definition) is 5. The lowest BCUT2D eigenvalue weighted by Crippen LogP contribution is -2.23. The molecule has 0 saturated heterocycles. The Morgan fingerprint density at radius 3 is 2.68 bits per heavy atom. The molecule has 0 amide bonds. The molecule has 1 N–H and O–H groups in total. The first-order valence-corrected chi connectivity index (χ1v) is 6.66. The van der Waals surface area contributed by atoms with E-state index in [1.807, 2.05) is 6.07 Å². The van der Waals surface area contributed by atoms with Crippen LogP contribution in [0.3, 0.4) is 0 Å². The third-order valence-corrected chi connectivity index (χ3v) is 3.43. The lowest BCUT2D eigenvalue weighted by molar-refractivity contribution is 0.477. The van der Waals surface area contributed by atoms with Crippen LogP contribution < -0.4 is 5.56 Å². The van der Waals surface area contributed by atoms with Crippen molar-refractivity contribution in [2.24, 2.45) is 7.05 Å². The fourth-order valence-corrected chi connectivity index (χ4v) is 2.27.